The Morgan fingerprint density at radius 1 is 1.32 bits per heavy atom. The largest absolute Gasteiger partial charge is 0.375 e. The van der Waals surface area contributed by atoms with Crippen LogP contribution in [-0.2, 0) is 18.2 Å². The first-order valence-electron chi connectivity index (χ1n) is 7.67. The van der Waals surface area contributed by atoms with Crippen LogP contribution < -0.4 is 0 Å². The molecule has 1 amide bonds. The van der Waals surface area contributed by atoms with E-state index in [1.165, 1.54) is 5.56 Å². The number of hydrogen-bond acceptors (Lipinski definition) is 3. The summed E-state index contributed by atoms with van der Waals surface area (Å²) in [4.78, 5) is 14.4. The summed E-state index contributed by atoms with van der Waals surface area (Å²) in [6.07, 6.45) is 3.66. The number of benzene rings is 1. The Bertz CT molecular complexity index is 624. The van der Waals surface area contributed by atoms with Gasteiger partial charge in [-0.15, -0.1) is 0 Å². The Kier molecular flexibility index (Phi) is 4.53. The number of carbonyl (C=O) groups excluding carboxylic acids is 1. The maximum Gasteiger partial charge on any atom is 0.272 e. The van der Waals surface area contributed by atoms with Crippen LogP contribution in [0.3, 0.4) is 0 Å². The molecule has 1 aromatic heterocycles. The van der Waals surface area contributed by atoms with Crippen LogP contribution in [0.15, 0.2) is 42.6 Å². The summed E-state index contributed by atoms with van der Waals surface area (Å²) >= 11 is 0. The first-order chi connectivity index (χ1) is 10.7. The van der Waals surface area contributed by atoms with Gasteiger partial charge in [-0.05, 0) is 24.5 Å². The lowest BCUT2D eigenvalue weighted by atomic mass is 10.1. The van der Waals surface area contributed by atoms with Crippen molar-refractivity contribution in [3.05, 3.63) is 53.9 Å². The monoisotopic (exact) mass is 299 g/mol. The number of hydrogen-bond donors (Lipinski definition) is 0. The minimum atomic E-state index is 0.0352. The fourth-order valence-corrected chi connectivity index (χ4v) is 2.80. The molecule has 0 unspecified atom stereocenters. The average molecular weight is 299 g/mol. The van der Waals surface area contributed by atoms with Crippen LogP contribution in [0.2, 0.25) is 0 Å². The van der Waals surface area contributed by atoms with Gasteiger partial charge in [0, 0.05) is 26.3 Å². The smallest absolute Gasteiger partial charge is 0.272 e. The fraction of sp³-hybridized carbons (Fsp3) is 0.412. The Morgan fingerprint density at radius 3 is 2.86 bits per heavy atom. The van der Waals surface area contributed by atoms with Gasteiger partial charge in [0.25, 0.3) is 5.91 Å². The van der Waals surface area contributed by atoms with E-state index in [1.54, 1.807) is 24.0 Å². The van der Waals surface area contributed by atoms with Crippen molar-refractivity contribution in [3.63, 3.8) is 0 Å². The van der Waals surface area contributed by atoms with Crippen LogP contribution in [-0.4, -0.2) is 46.4 Å². The van der Waals surface area contributed by atoms with Gasteiger partial charge in [-0.1, -0.05) is 30.3 Å². The predicted octanol–water partition coefficient (Wildman–Crippen LogP) is 1.89. The molecule has 0 spiro atoms. The first kappa shape index (κ1) is 14.8. The molecule has 0 saturated carbocycles. The van der Waals surface area contributed by atoms with Crippen molar-refractivity contribution in [1.29, 1.82) is 0 Å². The lowest BCUT2D eigenvalue weighted by molar-refractivity contribution is -0.0249. The van der Waals surface area contributed by atoms with Crippen molar-refractivity contribution in [2.45, 2.75) is 18.9 Å². The van der Waals surface area contributed by atoms with E-state index in [4.69, 9.17) is 4.74 Å². The summed E-state index contributed by atoms with van der Waals surface area (Å²) in [7, 11) is 1.79. The molecular weight excluding hydrogens is 278 g/mol. The van der Waals surface area contributed by atoms with Crippen molar-refractivity contribution in [2.24, 2.45) is 7.05 Å². The van der Waals surface area contributed by atoms with Gasteiger partial charge in [-0.25, -0.2) is 0 Å². The van der Waals surface area contributed by atoms with Crippen LogP contribution in [0, 0.1) is 0 Å². The Labute approximate surface area is 130 Å². The second-order valence-electron chi connectivity index (χ2n) is 5.61. The van der Waals surface area contributed by atoms with E-state index >= 15 is 0 Å². The summed E-state index contributed by atoms with van der Waals surface area (Å²) in [5, 5.41) is 4.07. The number of nitrogens with zero attached hydrogens (tertiary/aromatic N) is 3. The second-order valence-corrected chi connectivity index (χ2v) is 5.61. The van der Waals surface area contributed by atoms with E-state index in [-0.39, 0.29) is 12.0 Å². The molecule has 1 atom stereocenters. The number of aromatic nitrogens is 2. The molecule has 0 radical (unpaired) electrons. The van der Waals surface area contributed by atoms with Gasteiger partial charge < -0.3 is 9.64 Å². The van der Waals surface area contributed by atoms with Crippen LogP contribution in [0.1, 0.15) is 22.5 Å². The molecule has 116 valence electrons. The molecule has 22 heavy (non-hydrogen) atoms. The van der Waals surface area contributed by atoms with Crippen molar-refractivity contribution >= 4 is 5.91 Å². The van der Waals surface area contributed by atoms with E-state index in [2.05, 4.69) is 29.4 Å². The van der Waals surface area contributed by atoms with Crippen LogP contribution >= 0.6 is 0 Å². The minimum absolute atomic E-state index is 0.0352. The Hall–Kier alpha value is -2.14. The lowest BCUT2D eigenvalue weighted by Crippen LogP contribution is -2.46. The third-order valence-corrected chi connectivity index (χ3v) is 4.06. The topological polar surface area (TPSA) is 47.4 Å². The van der Waals surface area contributed by atoms with Gasteiger partial charge in [0.15, 0.2) is 0 Å². The molecule has 1 aromatic carbocycles. The van der Waals surface area contributed by atoms with Gasteiger partial charge >= 0.3 is 0 Å². The van der Waals surface area contributed by atoms with E-state index in [0.29, 0.717) is 25.4 Å². The maximum atomic E-state index is 12.5. The van der Waals surface area contributed by atoms with Crippen molar-refractivity contribution in [2.75, 3.05) is 19.7 Å². The molecule has 1 aliphatic rings. The highest BCUT2D eigenvalue weighted by molar-refractivity contribution is 5.92. The fourth-order valence-electron chi connectivity index (χ4n) is 2.80. The molecule has 0 bridgehead atoms. The number of rotatable bonds is 4. The van der Waals surface area contributed by atoms with Crippen LogP contribution in [0.25, 0.3) is 0 Å². The molecular formula is C17H21N3O2. The zero-order valence-electron chi connectivity index (χ0n) is 12.8. The van der Waals surface area contributed by atoms with Gasteiger partial charge in [0.05, 0.1) is 12.7 Å². The Balaban J connectivity index is 1.57. The quantitative estimate of drug-likeness (QED) is 0.866. The molecule has 2 heterocycles. The third kappa shape index (κ3) is 3.36. The molecule has 0 aliphatic carbocycles. The predicted molar refractivity (Wildman–Crippen MR) is 83.6 cm³/mol. The lowest BCUT2D eigenvalue weighted by Gasteiger charge is -2.33. The normalized spacial score (nSPS) is 18.4. The van der Waals surface area contributed by atoms with Gasteiger partial charge in [0.2, 0.25) is 0 Å². The number of aryl methyl sites for hydroxylation is 2. The van der Waals surface area contributed by atoms with Gasteiger partial charge in [-0.3, -0.25) is 9.48 Å². The SMILES string of the molecule is Cn1nccc1C(=O)N1CCO[C@H](CCc2ccccc2)C1. The first-order valence-corrected chi connectivity index (χ1v) is 7.67. The van der Waals surface area contributed by atoms with E-state index < -0.39 is 0 Å². The van der Waals surface area contributed by atoms with Crippen LogP contribution in [0.5, 0.6) is 0 Å². The summed E-state index contributed by atoms with van der Waals surface area (Å²) in [6.45, 7) is 1.89. The third-order valence-electron chi connectivity index (χ3n) is 4.06. The van der Waals surface area contributed by atoms with E-state index in [0.717, 1.165) is 12.8 Å². The van der Waals surface area contributed by atoms with Crippen LogP contribution in [0.4, 0.5) is 0 Å². The number of amides is 1. The average Bonchev–Trinajstić information content (AvgIpc) is 2.99. The highest BCUT2D eigenvalue weighted by Gasteiger charge is 2.26. The summed E-state index contributed by atoms with van der Waals surface area (Å²) < 4.78 is 7.43. The Morgan fingerprint density at radius 2 is 2.14 bits per heavy atom. The van der Waals surface area contributed by atoms with Crippen molar-refractivity contribution in [3.8, 4) is 0 Å². The summed E-state index contributed by atoms with van der Waals surface area (Å²) in [6, 6.07) is 12.1. The molecule has 5 heteroatoms. The van der Waals surface area contributed by atoms with E-state index in [1.807, 2.05) is 11.0 Å². The summed E-state index contributed by atoms with van der Waals surface area (Å²) in [5.41, 5.74) is 1.94. The van der Waals surface area contributed by atoms with Crippen molar-refractivity contribution < 1.29 is 9.53 Å². The summed E-state index contributed by atoms with van der Waals surface area (Å²) in [5.74, 6) is 0.0352. The molecule has 1 saturated heterocycles. The molecule has 3 rings (SSSR count). The number of ether oxygens (including phenoxy) is 1. The van der Waals surface area contributed by atoms with Gasteiger partial charge in [-0.2, -0.15) is 5.10 Å². The standard InChI is InChI=1S/C17H21N3O2/c1-19-16(9-10-18-19)17(21)20-11-12-22-15(13-20)8-7-14-5-3-2-4-6-14/h2-6,9-10,15H,7-8,11-13H2,1H3/t15-/m1/s1. The highest BCUT2D eigenvalue weighted by Crippen LogP contribution is 2.14. The molecule has 5 nitrogen and oxygen atoms in total. The maximum absolute atomic E-state index is 12.5. The molecule has 2 aromatic rings. The molecule has 0 N–H and O–H groups in total. The molecule has 1 fully saturated rings. The number of carbonyl (C=O) groups is 1. The zero-order valence-corrected chi connectivity index (χ0v) is 12.8. The molecule has 1 aliphatic heterocycles. The zero-order chi connectivity index (χ0) is 15.4. The second kappa shape index (κ2) is 6.75. The highest BCUT2D eigenvalue weighted by atomic mass is 16.5. The van der Waals surface area contributed by atoms with Crippen molar-refractivity contribution in [1.82, 2.24) is 14.7 Å². The van der Waals surface area contributed by atoms with Gasteiger partial charge in [0.1, 0.15) is 5.69 Å². The van der Waals surface area contributed by atoms with E-state index in [9.17, 15) is 4.79 Å². The minimum Gasteiger partial charge on any atom is -0.375 e. The number of morpholine rings is 1.